The van der Waals surface area contributed by atoms with E-state index in [0.29, 0.717) is 83.4 Å². The first-order valence-corrected chi connectivity index (χ1v) is 47.2. The van der Waals surface area contributed by atoms with Crippen LogP contribution in [0.2, 0.25) is 0 Å². The van der Waals surface area contributed by atoms with Crippen LogP contribution >= 0.6 is 45.3 Å². The number of carbonyl (C=O) groups excluding carboxylic acids is 4. The third-order valence-electron chi connectivity index (χ3n) is 24.3. The number of nitrogens with zero attached hydrogens (tertiary/aromatic N) is 9. The zero-order valence-electron chi connectivity index (χ0n) is 76.9. The van der Waals surface area contributed by atoms with Gasteiger partial charge in [0.2, 0.25) is 17.7 Å². The summed E-state index contributed by atoms with van der Waals surface area (Å²) in [5.41, 5.74) is 20.4. The summed E-state index contributed by atoms with van der Waals surface area (Å²) >= 11 is 6.26. The molecule has 652 valence electrons. The van der Waals surface area contributed by atoms with Gasteiger partial charge >= 0.3 is 19.5 Å². The Morgan fingerprint density at radius 3 is 1.14 bits per heavy atom. The van der Waals surface area contributed by atoms with Gasteiger partial charge in [-0.3, -0.25) is 19.2 Å². The van der Waals surface area contributed by atoms with Crippen LogP contribution in [0.1, 0.15) is 199 Å². The van der Waals surface area contributed by atoms with E-state index in [1.165, 1.54) is 0 Å². The van der Waals surface area contributed by atoms with Gasteiger partial charge in [-0.1, -0.05) is 239 Å². The zero-order chi connectivity index (χ0) is 89.2. The van der Waals surface area contributed by atoms with E-state index in [2.05, 4.69) is 206 Å². The molecule has 0 spiro atoms. The van der Waals surface area contributed by atoms with Gasteiger partial charge in [-0.05, 0) is 187 Å². The molecule has 5 N–H and O–H groups in total. The number of rotatable bonds is 26. The number of hydrogen-bond donors (Lipinski definition) is 5. The van der Waals surface area contributed by atoms with E-state index in [1.54, 1.807) is 45.3 Å². The quantitative estimate of drug-likeness (QED) is 0.0255. The van der Waals surface area contributed by atoms with Crippen molar-refractivity contribution in [2.24, 2.45) is 42.6 Å². The smallest absolute Gasteiger partial charge is 0.384 e. The van der Waals surface area contributed by atoms with E-state index >= 15 is 0 Å². The van der Waals surface area contributed by atoms with Crippen LogP contribution in [0, 0.1) is 85.5 Å². The molecule has 6 aromatic heterocycles. The molecule has 4 amide bonds. The number of nitrogens with one attached hydrogen (secondary N) is 5. The first-order valence-electron chi connectivity index (χ1n) is 43.9. The minimum atomic E-state index is -0.669. The fourth-order valence-corrected chi connectivity index (χ4v) is 20.2. The Morgan fingerprint density at radius 2 is 0.766 bits per heavy atom. The summed E-state index contributed by atoms with van der Waals surface area (Å²) in [5, 5.41) is 16.1. The number of anilines is 2. The number of para-hydroxylation sites is 4. The molecule has 2 atom stereocenters. The number of amidine groups is 4. The van der Waals surface area contributed by atoms with Crippen molar-refractivity contribution in [1.29, 1.82) is 0 Å². The number of unbranched alkanes of at least 4 members (excludes halogenated alkanes) is 2. The maximum Gasteiger partial charge on any atom is 2.00 e. The number of aliphatic imine (C=N–C) groups is 4. The van der Waals surface area contributed by atoms with Crippen LogP contribution in [0.25, 0.3) is 107 Å². The average molecular weight is 1830 g/mol. The third kappa shape index (κ3) is 19.6. The number of aromatic amines is 1. The summed E-state index contributed by atoms with van der Waals surface area (Å²) < 4.78 is 4.11. The molecule has 0 aliphatic carbocycles. The van der Waals surface area contributed by atoms with Crippen LogP contribution in [-0.4, -0.2) is 71.9 Å². The number of aryl methyl sites for hydroxylation is 8. The number of fused-ring (bicyclic) bond motifs is 4. The Labute approximate surface area is 780 Å². The molecule has 2 unspecified atom stereocenters. The van der Waals surface area contributed by atoms with Crippen LogP contribution < -0.4 is 26.3 Å². The van der Waals surface area contributed by atoms with Crippen LogP contribution in [0.3, 0.4) is 0 Å². The van der Waals surface area contributed by atoms with Crippen LogP contribution in [0.4, 0.5) is 23.3 Å². The number of H-pyrrole nitrogens is 1. The Kier molecular flexibility index (Phi) is 29.5. The van der Waals surface area contributed by atoms with Crippen molar-refractivity contribution in [3.05, 3.63) is 243 Å². The van der Waals surface area contributed by atoms with E-state index in [1.807, 2.05) is 114 Å². The Bertz CT molecular complexity index is 6270. The maximum atomic E-state index is 14.3. The molecule has 2 aliphatic rings. The Morgan fingerprint density at radius 1 is 0.414 bits per heavy atom. The number of thiazole rings is 4. The van der Waals surface area contributed by atoms with Crippen molar-refractivity contribution >= 4 is 179 Å². The van der Waals surface area contributed by atoms with Gasteiger partial charge in [-0.25, -0.2) is 34.9 Å². The summed E-state index contributed by atoms with van der Waals surface area (Å²) in [7, 11) is 0. The predicted molar refractivity (Wildman–Crippen MR) is 536 cm³/mol. The molecule has 8 aromatic carbocycles. The molecule has 128 heavy (non-hydrogen) atoms. The standard InChI is InChI=1S/2C52H55N7O2S2.CH3.Zn/c2*1-10-13-18-33(11-2)48(60)58-46-42(49-53-36-19-14-16-21-38(36)62-49)40(34-25-23-29(4)27-31(34)6)44(56-46)55-45-41(35-26-24-30(5)28-32(35)7)43(47(57-45)59-51(61)52(8,9)12-3)50-54-37-20-15-17-22-39(37)63-50;;/h14-17,19-28,33H,10-13,18H2,1-9H3,(H3,53,54,55,56,57,58,59,60,61);14-17,19-28,33,57H,10-13,18H2,1-9H3,(H,59,61)(H,55,56,58,60);1H3;/q;;-1;+2/p-1. The first kappa shape index (κ1) is 94.2. The second-order valence-electron chi connectivity index (χ2n) is 34.5. The van der Waals surface area contributed by atoms with Gasteiger partial charge in [0.25, 0.3) is 0 Å². The van der Waals surface area contributed by atoms with Gasteiger partial charge in [-0.15, -0.1) is 45.3 Å². The molecular formula is C105H112N14O4S4Zn. The predicted octanol–water partition coefficient (Wildman–Crippen LogP) is 27.2. The van der Waals surface area contributed by atoms with Crippen molar-refractivity contribution in [3.63, 3.8) is 0 Å². The zero-order valence-corrected chi connectivity index (χ0v) is 83.1. The van der Waals surface area contributed by atoms with Crippen LogP contribution in [-0.2, 0) is 38.7 Å². The van der Waals surface area contributed by atoms with Crippen LogP contribution in [0.5, 0.6) is 0 Å². The second kappa shape index (κ2) is 40.1. The molecular weight excluding hydrogens is 1710 g/mol. The molecule has 0 radical (unpaired) electrons. The molecule has 14 aromatic rings. The minimum Gasteiger partial charge on any atom is -0.384 e. The van der Waals surface area contributed by atoms with E-state index in [4.69, 9.17) is 44.9 Å². The summed E-state index contributed by atoms with van der Waals surface area (Å²) in [6, 6.07) is 57.7. The summed E-state index contributed by atoms with van der Waals surface area (Å²) in [4.78, 5) is 108. The molecule has 0 saturated carbocycles. The molecule has 0 bridgehead atoms. The average Bonchev–Trinajstić information content (AvgIpc) is 1.58. The van der Waals surface area contributed by atoms with Gasteiger partial charge in [0.1, 0.15) is 43.3 Å². The number of amides is 4. The van der Waals surface area contributed by atoms with Crippen molar-refractivity contribution in [3.8, 4) is 43.4 Å². The van der Waals surface area contributed by atoms with Gasteiger partial charge < -0.3 is 43.7 Å². The Balaban J connectivity index is 0.000000215. The molecule has 8 heterocycles. The Hall–Kier alpha value is -11.5. The third-order valence-corrected chi connectivity index (χ3v) is 28.5. The number of carbonyl (C=O) groups is 4. The van der Waals surface area contributed by atoms with Gasteiger partial charge in [-0.2, -0.15) is 0 Å². The van der Waals surface area contributed by atoms with Crippen molar-refractivity contribution in [2.45, 2.75) is 189 Å². The van der Waals surface area contributed by atoms with Crippen molar-refractivity contribution < 1.29 is 38.7 Å². The first-order chi connectivity index (χ1) is 60.6. The summed E-state index contributed by atoms with van der Waals surface area (Å²) in [5.74, 6) is 2.65. The van der Waals surface area contributed by atoms with E-state index in [9.17, 15) is 19.2 Å². The molecule has 0 fully saturated rings. The number of hydrogen-bond acceptors (Lipinski definition) is 14. The fourth-order valence-electron chi connectivity index (χ4n) is 16.1. The van der Waals surface area contributed by atoms with E-state index < -0.39 is 10.8 Å². The van der Waals surface area contributed by atoms with Crippen LogP contribution in [0.15, 0.2) is 190 Å². The molecule has 18 nitrogen and oxygen atoms in total. The summed E-state index contributed by atoms with van der Waals surface area (Å²) in [6.45, 7) is 36.9. The largest absolute Gasteiger partial charge is 2.00 e. The molecule has 23 heteroatoms. The summed E-state index contributed by atoms with van der Waals surface area (Å²) in [6.07, 6.45) is 8.19. The van der Waals surface area contributed by atoms with Crippen molar-refractivity contribution in [2.75, 3.05) is 10.6 Å². The topological polar surface area (TPSA) is 247 Å². The van der Waals surface area contributed by atoms with E-state index in [-0.39, 0.29) is 62.4 Å². The van der Waals surface area contributed by atoms with Gasteiger partial charge in [0, 0.05) is 62.1 Å². The minimum absolute atomic E-state index is 0. The van der Waals surface area contributed by atoms with E-state index in [0.717, 1.165) is 200 Å². The normalized spacial score (nSPS) is 14.0. The molecule has 2 aliphatic heterocycles. The SMILES string of the molecule is CCCCC(CC)C(=O)NC1=NC(=Nc2[n-]c(NC(=O)C(C)(C)CC)c(-c3nc4ccccc4s3)c2-c2ccc(C)cc2C)C(c2ccc(C)cc2C)=C1c1nc2ccccc2s1.CCCCC(CC)C(=O)NC1=NC(=Nc2[nH]c(NC(=O)C(C)(C)CC)c(-c3nc4ccccc4s3)c2-c2ccc(C)cc2C)C(c2ccc(C)cc2C)=C1c1nc2ccccc2s1.[CH3-].[Zn+2]. The second-order valence-corrected chi connectivity index (χ2v) is 38.6. The number of benzene rings is 8. The van der Waals surface area contributed by atoms with Crippen molar-refractivity contribution in [1.82, 2.24) is 40.5 Å². The number of aromatic nitrogens is 6. The monoisotopic (exact) mass is 1820 g/mol. The maximum absolute atomic E-state index is 14.3. The fraction of sp³-hybridized carbons (Fsp3) is 0.305. The molecule has 16 rings (SSSR count). The van der Waals surface area contributed by atoms with Gasteiger partial charge in [0.15, 0.2) is 11.7 Å². The van der Waals surface area contributed by atoms with Gasteiger partial charge in [0.05, 0.1) is 63.4 Å². The molecule has 0 saturated heterocycles.